The molecular weight excluding hydrogens is 296 g/mol. The van der Waals surface area contributed by atoms with Crippen LogP contribution in [0.5, 0.6) is 0 Å². The first kappa shape index (κ1) is 14.9. The van der Waals surface area contributed by atoms with E-state index in [0.29, 0.717) is 16.6 Å². The van der Waals surface area contributed by atoms with Crippen molar-refractivity contribution < 1.29 is 4.74 Å². The first-order valence-electron chi connectivity index (χ1n) is 7.39. The Labute approximate surface area is 135 Å². The van der Waals surface area contributed by atoms with Crippen molar-refractivity contribution in [3.05, 3.63) is 64.7 Å². The molecule has 0 spiro atoms. The summed E-state index contributed by atoms with van der Waals surface area (Å²) in [7, 11) is 0. The summed E-state index contributed by atoms with van der Waals surface area (Å²) in [5.74, 6) is 0. The lowest BCUT2D eigenvalue weighted by molar-refractivity contribution is 0.00980. The van der Waals surface area contributed by atoms with Gasteiger partial charge in [-0.15, -0.1) is 0 Å². The highest BCUT2D eigenvalue weighted by atomic mass is 35.5. The van der Waals surface area contributed by atoms with Crippen LogP contribution >= 0.6 is 11.6 Å². The van der Waals surface area contributed by atoms with Gasteiger partial charge in [0.25, 0.3) is 0 Å². The Balaban J connectivity index is 1.68. The molecule has 22 heavy (non-hydrogen) atoms. The minimum Gasteiger partial charge on any atom is -0.382 e. The van der Waals surface area contributed by atoms with Crippen LogP contribution in [0.15, 0.2) is 48.5 Å². The Hall–Kier alpha value is -2.02. The zero-order chi connectivity index (χ0) is 15.4. The molecule has 1 aliphatic rings. The molecule has 3 nitrogen and oxygen atoms in total. The molecule has 0 amide bonds. The molecule has 2 aromatic carbocycles. The van der Waals surface area contributed by atoms with E-state index in [1.54, 1.807) is 6.07 Å². The highest BCUT2D eigenvalue weighted by Crippen LogP contribution is 2.30. The summed E-state index contributed by atoms with van der Waals surface area (Å²) in [4.78, 5) is 0. The maximum absolute atomic E-state index is 8.92. The Bertz CT molecular complexity index is 681. The van der Waals surface area contributed by atoms with Gasteiger partial charge in [-0.05, 0) is 36.6 Å². The van der Waals surface area contributed by atoms with Gasteiger partial charge in [-0.1, -0.05) is 41.9 Å². The van der Waals surface area contributed by atoms with Crippen LogP contribution in [0.3, 0.4) is 0 Å². The Morgan fingerprint density at radius 2 is 2.00 bits per heavy atom. The lowest BCUT2D eigenvalue weighted by atomic mass is 9.97. The molecule has 2 unspecified atom stereocenters. The molecule has 1 N–H and O–H groups in total. The van der Waals surface area contributed by atoms with Crippen LogP contribution in [0.1, 0.15) is 30.1 Å². The van der Waals surface area contributed by atoms with Gasteiger partial charge in [0.15, 0.2) is 0 Å². The quantitative estimate of drug-likeness (QED) is 0.904. The van der Waals surface area contributed by atoms with Crippen molar-refractivity contribution in [3.8, 4) is 6.07 Å². The minimum absolute atomic E-state index is 0.126. The van der Waals surface area contributed by atoms with Gasteiger partial charge in [0, 0.05) is 18.3 Å². The van der Waals surface area contributed by atoms with Gasteiger partial charge in [0.2, 0.25) is 0 Å². The number of anilines is 1. The van der Waals surface area contributed by atoms with Gasteiger partial charge in [-0.25, -0.2) is 0 Å². The molecule has 1 fully saturated rings. The largest absolute Gasteiger partial charge is 0.382 e. The second-order valence-electron chi connectivity index (χ2n) is 5.44. The van der Waals surface area contributed by atoms with Crippen LogP contribution in [0.25, 0.3) is 0 Å². The highest BCUT2D eigenvalue weighted by molar-refractivity contribution is 6.32. The topological polar surface area (TPSA) is 45.0 Å². The molecule has 1 heterocycles. The molecule has 0 aromatic heterocycles. The maximum Gasteiger partial charge on any atom is 0.101 e. The molecule has 0 saturated carbocycles. The fourth-order valence-corrected chi connectivity index (χ4v) is 2.98. The van der Waals surface area contributed by atoms with Crippen LogP contribution in [0, 0.1) is 11.3 Å². The average Bonchev–Trinajstić information content (AvgIpc) is 2.56. The third-order valence-electron chi connectivity index (χ3n) is 3.92. The average molecular weight is 313 g/mol. The third kappa shape index (κ3) is 3.41. The molecule has 1 saturated heterocycles. The lowest BCUT2D eigenvalue weighted by Gasteiger charge is -2.31. The van der Waals surface area contributed by atoms with E-state index in [9.17, 15) is 0 Å². The first-order valence-corrected chi connectivity index (χ1v) is 7.77. The molecule has 1 aliphatic heterocycles. The third-order valence-corrected chi connectivity index (χ3v) is 4.23. The predicted octanol–water partition coefficient (Wildman–Crippen LogP) is 4.54. The molecule has 4 heteroatoms. The van der Waals surface area contributed by atoms with Crippen molar-refractivity contribution in [1.29, 1.82) is 5.26 Å². The Morgan fingerprint density at radius 1 is 1.18 bits per heavy atom. The lowest BCUT2D eigenvalue weighted by Crippen LogP contribution is -2.30. The fourth-order valence-electron chi connectivity index (χ4n) is 2.76. The fraction of sp³-hybridized carbons (Fsp3) is 0.278. The molecular formula is C18H17ClN2O. The zero-order valence-electron chi connectivity index (χ0n) is 12.1. The van der Waals surface area contributed by atoms with Crippen LogP contribution in [-0.2, 0) is 4.74 Å². The number of nitrogens with zero attached hydrogens (tertiary/aromatic N) is 1. The monoisotopic (exact) mass is 312 g/mol. The smallest absolute Gasteiger partial charge is 0.101 e. The van der Waals surface area contributed by atoms with Gasteiger partial charge < -0.3 is 10.1 Å². The van der Waals surface area contributed by atoms with Crippen molar-refractivity contribution in [2.45, 2.75) is 25.0 Å². The van der Waals surface area contributed by atoms with Crippen molar-refractivity contribution in [3.63, 3.8) is 0 Å². The SMILES string of the molecule is N#Cc1ccc(NC2CCOC(c3ccccc3)C2)cc1Cl. The second kappa shape index (κ2) is 6.83. The van der Waals surface area contributed by atoms with Gasteiger partial charge >= 0.3 is 0 Å². The summed E-state index contributed by atoms with van der Waals surface area (Å²) in [5, 5.41) is 12.9. The van der Waals surface area contributed by atoms with E-state index < -0.39 is 0 Å². The standard InChI is InChI=1S/C18H17ClN2O/c19-17-10-15(7-6-14(17)12-20)21-16-8-9-22-18(11-16)13-4-2-1-3-5-13/h1-7,10,16,18,21H,8-9,11H2. The van der Waals surface area contributed by atoms with E-state index in [2.05, 4.69) is 23.5 Å². The minimum atomic E-state index is 0.126. The number of nitrogens with one attached hydrogen (secondary N) is 1. The number of hydrogen-bond acceptors (Lipinski definition) is 3. The van der Waals surface area contributed by atoms with E-state index in [0.717, 1.165) is 25.1 Å². The number of ether oxygens (including phenoxy) is 1. The van der Waals surface area contributed by atoms with E-state index in [1.807, 2.05) is 30.3 Å². The second-order valence-corrected chi connectivity index (χ2v) is 5.85. The molecule has 112 valence electrons. The van der Waals surface area contributed by atoms with Gasteiger partial charge in [0.1, 0.15) is 6.07 Å². The van der Waals surface area contributed by atoms with Gasteiger partial charge in [0.05, 0.1) is 16.7 Å². The zero-order valence-corrected chi connectivity index (χ0v) is 12.9. The van der Waals surface area contributed by atoms with Crippen molar-refractivity contribution >= 4 is 17.3 Å². The number of benzene rings is 2. The van der Waals surface area contributed by atoms with E-state index in [4.69, 9.17) is 21.6 Å². The Morgan fingerprint density at radius 3 is 2.73 bits per heavy atom. The summed E-state index contributed by atoms with van der Waals surface area (Å²) in [6, 6.07) is 18.2. The maximum atomic E-state index is 8.92. The highest BCUT2D eigenvalue weighted by Gasteiger charge is 2.23. The van der Waals surface area contributed by atoms with Crippen LogP contribution in [0.4, 0.5) is 5.69 Å². The van der Waals surface area contributed by atoms with Crippen LogP contribution in [-0.4, -0.2) is 12.6 Å². The number of rotatable bonds is 3. The summed E-state index contributed by atoms with van der Waals surface area (Å²) < 4.78 is 5.88. The molecule has 0 bridgehead atoms. The van der Waals surface area contributed by atoms with Crippen LogP contribution < -0.4 is 5.32 Å². The molecule has 0 aliphatic carbocycles. The Kier molecular flexibility index (Phi) is 4.62. The number of halogens is 1. The predicted molar refractivity (Wildman–Crippen MR) is 87.9 cm³/mol. The number of hydrogen-bond donors (Lipinski definition) is 1. The summed E-state index contributed by atoms with van der Waals surface area (Å²) in [6.07, 6.45) is 2.00. The van der Waals surface area contributed by atoms with E-state index in [1.165, 1.54) is 5.56 Å². The number of nitriles is 1. The van der Waals surface area contributed by atoms with Crippen molar-refractivity contribution in [2.75, 3.05) is 11.9 Å². The van der Waals surface area contributed by atoms with Crippen molar-refractivity contribution in [1.82, 2.24) is 0 Å². The summed E-state index contributed by atoms with van der Waals surface area (Å²) >= 11 is 6.08. The normalized spacial score (nSPS) is 21.1. The molecule has 2 atom stereocenters. The van der Waals surface area contributed by atoms with E-state index in [-0.39, 0.29) is 6.10 Å². The van der Waals surface area contributed by atoms with Gasteiger partial charge in [-0.3, -0.25) is 0 Å². The molecule has 2 aromatic rings. The first-order chi connectivity index (χ1) is 10.8. The summed E-state index contributed by atoms with van der Waals surface area (Å²) in [5.41, 5.74) is 2.66. The van der Waals surface area contributed by atoms with Gasteiger partial charge in [-0.2, -0.15) is 5.26 Å². The van der Waals surface area contributed by atoms with Crippen molar-refractivity contribution in [2.24, 2.45) is 0 Å². The van der Waals surface area contributed by atoms with Crippen LogP contribution in [0.2, 0.25) is 5.02 Å². The molecule has 0 radical (unpaired) electrons. The van der Waals surface area contributed by atoms with E-state index >= 15 is 0 Å². The molecule has 3 rings (SSSR count). The summed E-state index contributed by atoms with van der Waals surface area (Å²) in [6.45, 7) is 0.737.